The molecule has 4 aromatic rings. The molecule has 29 heavy (non-hydrogen) atoms. The van der Waals surface area contributed by atoms with Gasteiger partial charge in [-0.1, -0.05) is 48.5 Å². The molecule has 3 heterocycles. The fourth-order valence-corrected chi connectivity index (χ4v) is 4.00. The van der Waals surface area contributed by atoms with Crippen molar-refractivity contribution in [2.45, 2.75) is 25.6 Å². The number of ether oxygens (including phenoxy) is 1. The maximum Gasteiger partial charge on any atom is 0.156 e. The van der Waals surface area contributed by atoms with Gasteiger partial charge in [0.2, 0.25) is 0 Å². The second-order valence-corrected chi connectivity index (χ2v) is 7.77. The number of rotatable bonds is 6. The largest absolute Gasteiger partial charge is 0.454 e. The molecule has 5 heteroatoms. The van der Waals surface area contributed by atoms with Gasteiger partial charge in [0.1, 0.15) is 11.3 Å². The molecule has 0 N–H and O–H groups in total. The molecule has 0 saturated carbocycles. The molecule has 0 bridgehead atoms. The highest BCUT2D eigenvalue weighted by Crippen LogP contribution is 2.30. The lowest BCUT2D eigenvalue weighted by Crippen LogP contribution is -2.31. The van der Waals surface area contributed by atoms with Crippen molar-refractivity contribution in [1.82, 2.24) is 14.7 Å². The van der Waals surface area contributed by atoms with Gasteiger partial charge < -0.3 is 9.15 Å². The third-order valence-electron chi connectivity index (χ3n) is 5.63. The fraction of sp³-hybridized carbons (Fsp3) is 0.292. The van der Waals surface area contributed by atoms with Gasteiger partial charge in [0.05, 0.1) is 13.2 Å². The SMILES string of the molecule is CN(Cc1cn(Cc2ccccc2)nc1-c1cc2ccccc2o1)[C@@H]1CCOC1. The van der Waals surface area contributed by atoms with Crippen LogP contribution in [0.15, 0.2) is 71.3 Å². The van der Waals surface area contributed by atoms with E-state index in [2.05, 4.69) is 54.5 Å². The monoisotopic (exact) mass is 387 g/mol. The van der Waals surface area contributed by atoms with Crippen molar-refractivity contribution in [2.75, 3.05) is 20.3 Å². The molecule has 5 nitrogen and oxygen atoms in total. The first kappa shape index (κ1) is 18.2. The first-order valence-electron chi connectivity index (χ1n) is 10.1. The Balaban J connectivity index is 1.49. The van der Waals surface area contributed by atoms with E-state index >= 15 is 0 Å². The van der Waals surface area contributed by atoms with E-state index in [1.165, 1.54) is 11.1 Å². The number of hydrogen-bond donors (Lipinski definition) is 0. The Morgan fingerprint density at radius 2 is 1.93 bits per heavy atom. The summed E-state index contributed by atoms with van der Waals surface area (Å²) in [6.45, 7) is 3.20. The molecule has 2 aromatic carbocycles. The van der Waals surface area contributed by atoms with E-state index in [0.717, 1.165) is 55.1 Å². The van der Waals surface area contributed by atoms with E-state index in [1.807, 2.05) is 28.9 Å². The standard InChI is InChI=1S/C24H25N3O2/c1-26(21-11-12-28-17-21)15-20-16-27(14-18-7-3-2-4-8-18)25-24(20)23-13-19-9-5-6-10-22(19)29-23/h2-10,13,16,21H,11-12,14-15,17H2,1H3/t21-/m1/s1. The summed E-state index contributed by atoms with van der Waals surface area (Å²) in [6.07, 6.45) is 3.23. The van der Waals surface area contributed by atoms with Crippen LogP contribution in [0, 0.1) is 0 Å². The van der Waals surface area contributed by atoms with Gasteiger partial charge in [0.15, 0.2) is 5.76 Å². The molecule has 5 rings (SSSR count). The molecule has 0 spiro atoms. The molecular formula is C24H25N3O2. The van der Waals surface area contributed by atoms with Crippen LogP contribution in [0.1, 0.15) is 17.5 Å². The number of aromatic nitrogens is 2. The summed E-state index contributed by atoms with van der Waals surface area (Å²) in [5.41, 5.74) is 4.22. The Morgan fingerprint density at radius 3 is 2.72 bits per heavy atom. The fourth-order valence-electron chi connectivity index (χ4n) is 4.00. The predicted molar refractivity (Wildman–Crippen MR) is 114 cm³/mol. The van der Waals surface area contributed by atoms with E-state index < -0.39 is 0 Å². The van der Waals surface area contributed by atoms with Gasteiger partial charge in [-0.25, -0.2) is 0 Å². The first-order valence-corrected chi connectivity index (χ1v) is 10.1. The molecule has 0 radical (unpaired) electrons. The molecule has 1 fully saturated rings. The number of fused-ring (bicyclic) bond motifs is 1. The number of hydrogen-bond acceptors (Lipinski definition) is 4. The van der Waals surface area contributed by atoms with Crippen LogP contribution >= 0.6 is 0 Å². The second-order valence-electron chi connectivity index (χ2n) is 7.77. The number of likely N-dealkylation sites (N-methyl/N-ethyl adjacent to an activating group) is 1. The zero-order valence-electron chi connectivity index (χ0n) is 16.6. The maximum absolute atomic E-state index is 6.15. The molecule has 0 aliphatic carbocycles. The van der Waals surface area contributed by atoms with Crippen LogP contribution in [0.5, 0.6) is 0 Å². The number of benzene rings is 2. The second kappa shape index (κ2) is 7.85. The average Bonchev–Trinajstić information content (AvgIpc) is 3.48. The van der Waals surface area contributed by atoms with E-state index in [0.29, 0.717) is 6.04 Å². The minimum absolute atomic E-state index is 0.455. The molecule has 1 aliphatic heterocycles. The van der Waals surface area contributed by atoms with Gasteiger partial charge in [0.25, 0.3) is 0 Å². The minimum atomic E-state index is 0.455. The summed E-state index contributed by atoms with van der Waals surface area (Å²) in [5, 5.41) is 6.02. The highest BCUT2D eigenvalue weighted by Gasteiger charge is 2.23. The third kappa shape index (κ3) is 3.84. The van der Waals surface area contributed by atoms with Crippen LogP contribution in [0.25, 0.3) is 22.4 Å². The average molecular weight is 387 g/mol. The maximum atomic E-state index is 6.15. The molecule has 1 saturated heterocycles. The Hall–Kier alpha value is -2.89. The normalized spacial score (nSPS) is 16.8. The summed E-state index contributed by atoms with van der Waals surface area (Å²) in [5.74, 6) is 0.823. The smallest absolute Gasteiger partial charge is 0.156 e. The van der Waals surface area contributed by atoms with E-state index in [4.69, 9.17) is 14.3 Å². The van der Waals surface area contributed by atoms with Crippen LogP contribution in [0.3, 0.4) is 0 Å². The molecule has 0 amide bonds. The molecule has 1 atom stereocenters. The number of furan rings is 1. The van der Waals surface area contributed by atoms with Gasteiger partial charge in [-0.2, -0.15) is 5.10 Å². The highest BCUT2D eigenvalue weighted by atomic mass is 16.5. The van der Waals surface area contributed by atoms with Crippen molar-refractivity contribution < 1.29 is 9.15 Å². The van der Waals surface area contributed by atoms with Gasteiger partial charge >= 0.3 is 0 Å². The summed E-state index contributed by atoms with van der Waals surface area (Å²) in [6, 6.07) is 21.1. The van der Waals surface area contributed by atoms with E-state index in [1.54, 1.807) is 0 Å². The lowest BCUT2D eigenvalue weighted by atomic mass is 10.1. The van der Waals surface area contributed by atoms with Crippen molar-refractivity contribution in [3.8, 4) is 11.5 Å². The van der Waals surface area contributed by atoms with Crippen molar-refractivity contribution in [3.63, 3.8) is 0 Å². The predicted octanol–water partition coefficient (Wildman–Crippen LogP) is 4.57. The summed E-state index contributed by atoms with van der Waals surface area (Å²) < 4.78 is 13.7. The lowest BCUT2D eigenvalue weighted by molar-refractivity contribution is 0.156. The van der Waals surface area contributed by atoms with E-state index in [-0.39, 0.29) is 0 Å². The summed E-state index contributed by atoms with van der Waals surface area (Å²) in [4.78, 5) is 2.36. The zero-order chi connectivity index (χ0) is 19.6. The topological polar surface area (TPSA) is 43.4 Å². The first-order chi connectivity index (χ1) is 14.3. The van der Waals surface area contributed by atoms with Crippen molar-refractivity contribution in [1.29, 1.82) is 0 Å². The minimum Gasteiger partial charge on any atom is -0.454 e. The van der Waals surface area contributed by atoms with Crippen LogP contribution in [-0.4, -0.2) is 41.0 Å². The number of nitrogens with zero attached hydrogens (tertiary/aromatic N) is 3. The Kier molecular flexibility index (Phi) is 4.92. The van der Waals surface area contributed by atoms with Gasteiger partial charge in [0, 0.05) is 36.3 Å². The third-order valence-corrected chi connectivity index (χ3v) is 5.63. The Labute approximate surface area is 170 Å². The number of para-hydroxylation sites is 1. The van der Waals surface area contributed by atoms with E-state index in [9.17, 15) is 0 Å². The van der Waals surface area contributed by atoms with Crippen molar-refractivity contribution in [3.05, 3.63) is 78.0 Å². The molecule has 2 aromatic heterocycles. The van der Waals surface area contributed by atoms with Crippen LogP contribution < -0.4 is 0 Å². The Bertz CT molecular complexity index is 1060. The van der Waals surface area contributed by atoms with Gasteiger partial charge in [-0.05, 0) is 31.2 Å². The zero-order valence-corrected chi connectivity index (χ0v) is 16.6. The summed E-state index contributed by atoms with van der Waals surface area (Å²) in [7, 11) is 2.16. The molecule has 1 aliphatic rings. The van der Waals surface area contributed by atoms with Crippen LogP contribution in [0.2, 0.25) is 0 Å². The van der Waals surface area contributed by atoms with Crippen molar-refractivity contribution in [2.24, 2.45) is 0 Å². The molecule has 0 unspecified atom stereocenters. The highest BCUT2D eigenvalue weighted by molar-refractivity contribution is 5.82. The molecule has 148 valence electrons. The quantitative estimate of drug-likeness (QED) is 0.486. The van der Waals surface area contributed by atoms with Crippen LogP contribution in [-0.2, 0) is 17.8 Å². The lowest BCUT2D eigenvalue weighted by Gasteiger charge is -2.22. The van der Waals surface area contributed by atoms with Crippen molar-refractivity contribution >= 4 is 11.0 Å². The summed E-state index contributed by atoms with van der Waals surface area (Å²) >= 11 is 0. The van der Waals surface area contributed by atoms with Gasteiger partial charge in [-0.15, -0.1) is 0 Å². The Morgan fingerprint density at radius 1 is 1.10 bits per heavy atom. The molecular weight excluding hydrogens is 362 g/mol. The van der Waals surface area contributed by atoms with Gasteiger partial charge in [-0.3, -0.25) is 9.58 Å². The van der Waals surface area contributed by atoms with Crippen LogP contribution in [0.4, 0.5) is 0 Å².